The van der Waals surface area contributed by atoms with Crippen molar-refractivity contribution in [1.82, 2.24) is 0 Å². The van der Waals surface area contributed by atoms with E-state index in [4.69, 9.17) is 17.7 Å². The van der Waals surface area contributed by atoms with Crippen molar-refractivity contribution in [2.45, 2.75) is 41.5 Å². The molecule has 8 heteroatoms. The van der Waals surface area contributed by atoms with Crippen LogP contribution in [-0.2, 0) is 0 Å². The molecule has 44 heavy (non-hydrogen) atoms. The Bertz CT molecular complexity index is 1950. The summed E-state index contributed by atoms with van der Waals surface area (Å²) in [5, 5.41) is 1.69. The molecule has 0 unspecified atom stereocenters. The lowest BCUT2D eigenvalue weighted by atomic mass is 10.0. The molecule has 0 aliphatic carbocycles. The first-order chi connectivity index (χ1) is 21.3. The predicted molar refractivity (Wildman–Crippen MR) is 176 cm³/mol. The predicted octanol–water partition coefficient (Wildman–Crippen LogP) is 8.40. The molecule has 0 spiro atoms. The average Bonchev–Trinajstić information content (AvgIpc) is 3.69. The van der Waals surface area contributed by atoms with Gasteiger partial charge in [0.1, 0.15) is 33.8 Å². The van der Waals surface area contributed by atoms with Gasteiger partial charge in [-0.25, -0.2) is 9.59 Å². The number of fused-ring (bicyclic) bond motifs is 2. The summed E-state index contributed by atoms with van der Waals surface area (Å²) in [4.78, 5) is 30.7. The number of hydrogen-bond donors (Lipinski definition) is 0. The molecular formula is C36H36N2O6. The third-order valence-electron chi connectivity index (χ3n) is 8.51. The zero-order chi connectivity index (χ0) is 31.1. The second-order valence-electron chi connectivity index (χ2n) is 10.8. The largest absolute Gasteiger partial charge is 0.453 e. The van der Waals surface area contributed by atoms with E-state index in [-0.39, 0.29) is 0 Å². The zero-order valence-electron chi connectivity index (χ0n) is 25.9. The molecule has 6 rings (SSSR count). The van der Waals surface area contributed by atoms with Gasteiger partial charge in [-0.3, -0.25) is 0 Å². The fourth-order valence-corrected chi connectivity index (χ4v) is 6.04. The van der Waals surface area contributed by atoms with E-state index in [9.17, 15) is 9.59 Å². The van der Waals surface area contributed by atoms with Gasteiger partial charge < -0.3 is 27.5 Å². The first-order valence-corrected chi connectivity index (χ1v) is 15.1. The topological polar surface area (TPSA) is 93.2 Å². The van der Waals surface area contributed by atoms with E-state index >= 15 is 0 Å². The second kappa shape index (κ2) is 11.6. The Labute approximate surface area is 255 Å². The quantitative estimate of drug-likeness (QED) is 0.155. The van der Waals surface area contributed by atoms with E-state index in [2.05, 4.69) is 37.5 Å². The van der Waals surface area contributed by atoms with Crippen LogP contribution in [0.3, 0.4) is 0 Å². The number of hydrogen-bond acceptors (Lipinski definition) is 8. The summed E-state index contributed by atoms with van der Waals surface area (Å²) in [7, 11) is 0. The number of aryl methyl sites for hydroxylation is 2. The van der Waals surface area contributed by atoms with Crippen LogP contribution in [0.2, 0.25) is 0 Å². The molecule has 0 aliphatic heterocycles. The lowest BCUT2D eigenvalue weighted by Crippen LogP contribution is -2.21. The van der Waals surface area contributed by atoms with Crippen molar-refractivity contribution in [1.29, 1.82) is 0 Å². The minimum Gasteiger partial charge on any atom is -0.453 e. The van der Waals surface area contributed by atoms with E-state index in [1.54, 1.807) is 24.3 Å². The average molecular weight is 593 g/mol. The van der Waals surface area contributed by atoms with Crippen LogP contribution in [0, 0.1) is 13.8 Å². The highest BCUT2D eigenvalue weighted by atomic mass is 16.4. The SMILES string of the molecule is CCN(CC)c1ccc2c(C)c(-c3ccc(-c4ccc(-c5c(C)c6ccc(N(CC)CC)cc6oc5=O)o4)o3)c(=O)oc2c1. The highest BCUT2D eigenvalue weighted by Gasteiger charge is 2.21. The highest BCUT2D eigenvalue weighted by Crippen LogP contribution is 2.36. The Kier molecular flexibility index (Phi) is 7.67. The number of nitrogens with zero attached hydrogens (tertiary/aromatic N) is 2. The Morgan fingerprint density at radius 1 is 0.500 bits per heavy atom. The van der Waals surface area contributed by atoms with Gasteiger partial charge in [0.25, 0.3) is 0 Å². The second-order valence-corrected chi connectivity index (χ2v) is 10.8. The summed E-state index contributed by atoms with van der Waals surface area (Å²) in [5.41, 5.74) is 4.42. The van der Waals surface area contributed by atoms with Crippen molar-refractivity contribution in [3.05, 3.63) is 92.6 Å². The molecule has 0 aliphatic rings. The fourth-order valence-electron chi connectivity index (χ4n) is 6.04. The molecule has 226 valence electrons. The Morgan fingerprint density at radius 2 is 0.864 bits per heavy atom. The fraction of sp³-hybridized carbons (Fsp3) is 0.278. The van der Waals surface area contributed by atoms with Crippen LogP contribution >= 0.6 is 0 Å². The van der Waals surface area contributed by atoms with Gasteiger partial charge in [-0.15, -0.1) is 0 Å². The third kappa shape index (κ3) is 4.90. The van der Waals surface area contributed by atoms with Gasteiger partial charge in [-0.1, -0.05) is 0 Å². The van der Waals surface area contributed by atoms with Crippen LogP contribution < -0.4 is 21.1 Å². The molecular weight excluding hydrogens is 556 g/mol. The smallest absolute Gasteiger partial charge is 0.347 e. The van der Waals surface area contributed by atoms with E-state index in [1.807, 2.05) is 50.2 Å². The maximum absolute atomic E-state index is 13.2. The zero-order valence-corrected chi connectivity index (χ0v) is 25.9. The maximum Gasteiger partial charge on any atom is 0.347 e. The lowest BCUT2D eigenvalue weighted by Gasteiger charge is -2.21. The summed E-state index contributed by atoms with van der Waals surface area (Å²) in [6.07, 6.45) is 0. The first kappa shape index (κ1) is 29.1. The molecule has 4 aromatic heterocycles. The van der Waals surface area contributed by atoms with Crippen LogP contribution in [0.25, 0.3) is 56.1 Å². The summed E-state index contributed by atoms with van der Waals surface area (Å²) < 4.78 is 23.8. The molecule has 0 N–H and O–H groups in total. The van der Waals surface area contributed by atoms with Crippen LogP contribution in [-0.4, -0.2) is 26.2 Å². The van der Waals surface area contributed by atoms with Gasteiger partial charge >= 0.3 is 11.3 Å². The molecule has 0 saturated carbocycles. The Balaban J connectivity index is 1.34. The molecule has 0 radical (unpaired) electrons. The van der Waals surface area contributed by atoms with E-state index in [0.29, 0.717) is 45.3 Å². The normalized spacial score (nSPS) is 11.5. The Morgan fingerprint density at radius 3 is 1.23 bits per heavy atom. The van der Waals surface area contributed by atoms with Crippen molar-refractivity contribution in [2.75, 3.05) is 36.0 Å². The molecule has 8 nitrogen and oxygen atoms in total. The maximum atomic E-state index is 13.2. The van der Waals surface area contributed by atoms with Crippen LogP contribution in [0.4, 0.5) is 11.4 Å². The molecule has 0 saturated heterocycles. The van der Waals surface area contributed by atoms with Crippen LogP contribution in [0.1, 0.15) is 38.8 Å². The molecule has 2 aromatic carbocycles. The highest BCUT2D eigenvalue weighted by molar-refractivity contribution is 5.89. The molecule has 6 aromatic rings. The molecule has 0 amide bonds. The van der Waals surface area contributed by atoms with Crippen LogP contribution in [0.5, 0.6) is 0 Å². The van der Waals surface area contributed by atoms with Gasteiger partial charge in [0.15, 0.2) is 11.5 Å². The third-order valence-corrected chi connectivity index (χ3v) is 8.51. The van der Waals surface area contributed by atoms with Crippen molar-refractivity contribution < 1.29 is 17.7 Å². The van der Waals surface area contributed by atoms with Gasteiger partial charge in [-0.2, -0.15) is 0 Å². The molecule has 0 bridgehead atoms. The van der Waals surface area contributed by atoms with Gasteiger partial charge in [0, 0.05) is 60.5 Å². The van der Waals surface area contributed by atoms with Gasteiger partial charge in [0.05, 0.1) is 0 Å². The number of anilines is 2. The standard InChI is InChI=1S/C36H36N2O6/c1-7-37(8-2)23-11-13-25-21(5)33(35(39)43-31(25)19-23)29-17-15-27(41-29)28-16-18-30(42-28)34-22(6)26-14-12-24(38(9-3)10-4)20-32(26)44-36(34)40/h11-20H,7-10H2,1-6H3. The van der Waals surface area contributed by atoms with E-state index in [0.717, 1.165) is 59.5 Å². The van der Waals surface area contributed by atoms with Crippen molar-refractivity contribution in [2.24, 2.45) is 0 Å². The summed E-state index contributed by atoms with van der Waals surface area (Å²) in [6.45, 7) is 15.6. The summed E-state index contributed by atoms with van der Waals surface area (Å²) in [5.74, 6) is 1.61. The van der Waals surface area contributed by atoms with Crippen molar-refractivity contribution in [3.8, 4) is 34.2 Å². The van der Waals surface area contributed by atoms with Crippen molar-refractivity contribution >= 4 is 33.3 Å². The van der Waals surface area contributed by atoms with Crippen molar-refractivity contribution in [3.63, 3.8) is 0 Å². The van der Waals surface area contributed by atoms with E-state index in [1.165, 1.54) is 0 Å². The minimum absolute atomic E-state index is 0.362. The molecule has 0 fully saturated rings. The van der Waals surface area contributed by atoms with Gasteiger partial charge in [-0.05, 0) is 101 Å². The van der Waals surface area contributed by atoms with E-state index < -0.39 is 11.3 Å². The number of benzene rings is 2. The Hall–Kier alpha value is -4.98. The molecule has 0 atom stereocenters. The monoisotopic (exact) mass is 592 g/mol. The number of rotatable bonds is 9. The minimum atomic E-state index is -0.471. The number of furan rings is 2. The van der Waals surface area contributed by atoms with Crippen LogP contribution in [0.15, 0.2) is 87.9 Å². The lowest BCUT2D eigenvalue weighted by molar-refractivity contribution is 0.524. The first-order valence-electron chi connectivity index (χ1n) is 15.1. The molecule has 4 heterocycles. The van der Waals surface area contributed by atoms with Gasteiger partial charge in [0.2, 0.25) is 0 Å². The summed E-state index contributed by atoms with van der Waals surface area (Å²) >= 11 is 0. The summed E-state index contributed by atoms with van der Waals surface area (Å²) in [6, 6.07) is 18.8.